The second kappa shape index (κ2) is 6.35. The highest BCUT2D eigenvalue weighted by atomic mass is 32.2. The van der Waals surface area contributed by atoms with Gasteiger partial charge in [0, 0.05) is 19.2 Å². The predicted molar refractivity (Wildman–Crippen MR) is 74.9 cm³/mol. The molecule has 0 spiro atoms. The van der Waals surface area contributed by atoms with Crippen molar-refractivity contribution >= 4 is 10.0 Å². The van der Waals surface area contributed by atoms with Gasteiger partial charge in [-0.1, -0.05) is 19.0 Å². The minimum Gasteiger partial charge on any atom is -0.338 e. The van der Waals surface area contributed by atoms with Gasteiger partial charge in [-0.3, -0.25) is 4.68 Å². The van der Waals surface area contributed by atoms with Crippen molar-refractivity contribution in [1.82, 2.24) is 24.6 Å². The van der Waals surface area contributed by atoms with Gasteiger partial charge in [0.2, 0.25) is 15.9 Å². The Labute approximate surface area is 123 Å². The van der Waals surface area contributed by atoms with Crippen molar-refractivity contribution in [2.75, 3.05) is 0 Å². The molecule has 0 amide bonds. The number of sulfonamides is 1. The highest BCUT2D eigenvalue weighted by Crippen LogP contribution is 2.15. The quantitative estimate of drug-likeness (QED) is 0.826. The molecule has 0 fully saturated rings. The standard InChI is InChI=1S/C12H19N5O3S/c1-4-6-17-8-10(7-13-17)21(18,19)16-9(3)12-14-11(5-2)15-20-12/h7-9,16H,4-6H2,1-3H3/t9-/m0/s1. The molecule has 21 heavy (non-hydrogen) atoms. The highest BCUT2D eigenvalue weighted by Gasteiger charge is 2.23. The van der Waals surface area contributed by atoms with Crippen molar-refractivity contribution < 1.29 is 12.9 Å². The first-order valence-corrected chi connectivity index (χ1v) is 8.31. The number of rotatable bonds is 7. The van der Waals surface area contributed by atoms with Crippen molar-refractivity contribution in [3.63, 3.8) is 0 Å². The zero-order chi connectivity index (χ0) is 15.5. The smallest absolute Gasteiger partial charge is 0.244 e. The Bertz CT molecular complexity index is 691. The van der Waals surface area contributed by atoms with Gasteiger partial charge in [-0.05, 0) is 13.3 Å². The van der Waals surface area contributed by atoms with Crippen LogP contribution in [0.4, 0.5) is 0 Å². The lowest BCUT2D eigenvalue weighted by Gasteiger charge is -2.08. The Kier molecular flexibility index (Phi) is 4.73. The highest BCUT2D eigenvalue weighted by molar-refractivity contribution is 7.89. The number of nitrogens with one attached hydrogen (secondary N) is 1. The largest absolute Gasteiger partial charge is 0.338 e. The van der Waals surface area contributed by atoms with Gasteiger partial charge in [0.25, 0.3) is 0 Å². The molecule has 0 saturated heterocycles. The summed E-state index contributed by atoms with van der Waals surface area (Å²) in [6.07, 6.45) is 4.35. The Balaban J connectivity index is 2.12. The Hall–Kier alpha value is -1.74. The van der Waals surface area contributed by atoms with Crippen LogP contribution in [0.3, 0.4) is 0 Å². The summed E-state index contributed by atoms with van der Waals surface area (Å²) < 4.78 is 33.6. The van der Waals surface area contributed by atoms with E-state index in [1.54, 1.807) is 11.6 Å². The molecule has 1 N–H and O–H groups in total. The molecule has 0 unspecified atom stereocenters. The van der Waals surface area contributed by atoms with Crippen LogP contribution in [0.1, 0.15) is 44.9 Å². The minimum absolute atomic E-state index is 0.123. The molecule has 0 aromatic carbocycles. The van der Waals surface area contributed by atoms with E-state index in [2.05, 4.69) is 20.0 Å². The van der Waals surface area contributed by atoms with E-state index in [1.807, 2.05) is 13.8 Å². The molecule has 2 aromatic rings. The van der Waals surface area contributed by atoms with Gasteiger partial charge in [-0.15, -0.1) is 0 Å². The molecule has 0 aliphatic rings. The van der Waals surface area contributed by atoms with Crippen LogP contribution >= 0.6 is 0 Å². The second-order valence-corrected chi connectivity index (χ2v) is 6.40. The maximum atomic E-state index is 12.3. The summed E-state index contributed by atoms with van der Waals surface area (Å²) in [6.45, 7) is 6.22. The summed E-state index contributed by atoms with van der Waals surface area (Å²) in [5, 5.41) is 7.77. The van der Waals surface area contributed by atoms with Crippen LogP contribution in [-0.2, 0) is 23.0 Å². The molecule has 1 atom stereocenters. The number of nitrogens with zero attached hydrogens (tertiary/aromatic N) is 4. The van der Waals surface area contributed by atoms with Crippen molar-refractivity contribution in [2.24, 2.45) is 0 Å². The van der Waals surface area contributed by atoms with Crippen LogP contribution in [0.25, 0.3) is 0 Å². The number of aromatic nitrogens is 4. The molecule has 8 nitrogen and oxygen atoms in total. The molecular formula is C12H19N5O3S. The van der Waals surface area contributed by atoms with Gasteiger partial charge < -0.3 is 4.52 Å². The molecule has 0 aliphatic carbocycles. The lowest BCUT2D eigenvalue weighted by atomic mass is 10.4. The summed E-state index contributed by atoms with van der Waals surface area (Å²) in [7, 11) is -3.66. The number of hydrogen-bond acceptors (Lipinski definition) is 6. The summed E-state index contributed by atoms with van der Waals surface area (Å²) in [5.41, 5.74) is 0. The Morgan fingerprint density at radius 3 is 2.81 bits per heavy atom. The van der Waals surface area contributed by atoms with Crippen molar-refractivity contribution in [2.45, 2.75) is 51.1 Å². The van der Waals surface area contributed by atoms with Gasteiger partial charge in [0.05, 0.1) is 12.2 Å². The topological polar surface area (TPSA) is 103 Å². The predicted octanol–water partition coefficient (Wildman–Crippen LogP) is 1.28. The summed E-state index contributed by atoms with van der Waals surface area (Å²) >= 11 is 0. The van der Waals surface area contributed by atoms with Gasteiger partial charge in [-0.25, -0.2) is 8.42 Å². The lowest BCUT2D eigenvalue weighted by molar-refractivity contribution is 0.350. The zero-order valence-electron chi connectivity index (χ0n) is 12.3. The van der Waals surface area contributed by atoms with Gasteiger partial charge >= 0.3 is 0 Å². The summed E-state index contributed by atoms with van der Waals surface area (Å²) in [5.74, 6) is 0.795. The normalized spacial score (nSPS) is 13.5. The van der Waals surface area contributed by atoms with E-state index in [9.17, 15) is 8.42 Å². The Morgan fingerprint density at radius 2 is 2.19 bits per heavy atom. The van der Waals surface area contributed by atoms with Crippen LogP contribution < -0.4 is 4.72 Å². The lowest BCUT2D eigenvalue weighted by Crippen LogP contribution is -2.26. The molecule has 0 bridgehead atoms. The van der Waals surface area contributed by atoms with Crippen LogP contribution in [0, 0.1) is 0 Å². The number of aryl methyl sites for hydroxylation is 2. The summed E-state index contributed by atoms with van der Waals surface area (Å²) in [6, 6.07) is -0.600. The van der Waals surface area contributed by atoms with Crippen LogP contribution in [0.5, 0.6) is 0 Å². The molecule has 0 aliphatic heterocycles. The zero-order valence-corrected chi connectivity index (χ0v) is 13.1. The average molecular weight is 313 g/mol. The van der Waals surface area contributed by atoms with Crippen LogP contribution in [-0.4, -0.2) is 28.3 Å². The van der Waals surface area contributed by atoms with E-state index in [0.29, 0.717) is 18.8 Å². The van der Waals surface area contributed by atoms with Crippen LogP contribution in [0.2, 0.25) is 0 Å². The van der Waals surface area contributed by atoms with E-state index in [-0.39, 0.29) is 10.8 Å². The minimum atomic E-state index is -3.66. The molecule has 0 radical (unpaired) electrons. The molecule has 0 saturated carbocycles. The second-order valence-electron chi connectivity index (χ2n) is 4.68. The fraction of sp³-hybridized carbons (Fsp3) is 0.583. The molecule has 2 heterocycles. The maximum absolute atomic E-state index is 12.3. The fourth-order valence-corrected chi connectivity index (χ4v) is 2.92. The third-order valence-electron chi connectivity index (χ3n) is 2.87. The average Bonchev–Trinajstić information content (AvgIpc) is 3.07. The summed E-state index contributed by atoms with van der Waals surface area (Å²) in [4.78, 5) is 4.24. The fourth-order valence-electron chi connectivity index (χ4n) is 1.77. The van der Waals surface area contributed by atoms with Gasteiger partial charge in [0.1, 0.15) is 4.90 Å². The first-order valence-electron chi connectivity index (χ1n) is 6.83. The first kappa shape index (κ1) is 15.6. The molecule has 2 aromatic heterocycles. The first-order chi connectivity index (χ1) is 9.96. The van der Waals surface area contributed by atoms with E-state index in [4.69, 9.17) is 4.52 Å². The van der Waals surface area contributed by atoms with E-state index < -0.39 is 16.1 Å². The third-order valence-corrected chi connectivity index (χ3v) is 4.37. The molecule has 116 valence electrons. The van der Waals surface area contributed by atoms with Crippen molar-refractivity contribution in [1.29, 1.82) is 0 Å². The third kappa shape index (κ3) is 3.67. The maximum Gasteiger partial charge on any atom is 0.244 e. The monoisotopic (exact) mass is 313 g/mol. The van der Waals surface area contributed by atoms with Crippen LogP contribution in [0.15, 0.2) is 21.8 Å². The van der Waals surface area contributed by atoms with E-state index in [0.717, 1.165) is 6.42 Å². The SMILES string of the molecule is CCCn1cc(S(=O)(=O)N[C@@H](C)c2nc(CC)no2)cn1. The van der Waals surface area contributed by atoms with Crippen molar-refractivity contribution in [3.8, 4) is 0 Å². The molecule has 2 rings (SSSR count). The Morgan fingerprint density at radius 1 is 1.43 bits per heavy atom. The van der Waals surface area contributed by atoms with Gasteiger partial charge in [-0.2, -0.15) is 14.8 Å². The van der Waals surface area contributed by atoms with E-state index >= 15 is 0 Å². The van der Waals surface area contributed by atoms with Gasteiger partial charge in [0.15, 0.2) is 5.82 Å². The van der Waals surface area contributed by atoms with E-state index in [1.165, 1.54) is 12.4 Å². The molecular weight excluding hydrogens is 294 g/mol. The van der Waals surface area contributed by atoms with Crippen molar-refractivity contribution in [3.05, 3.63) is 24.1 Å². The molecule has 9 heteroatoms. The number of hydrogen-bond donors (Lipinski definition) is 1.